The van der Waals surface area contributed by atoms with E-state index in [1.54, 1.807) is 6.07 Å². The van der Waals surface area contributed by atoms with Crippen molar-refractivity contribution in [1.29, 1.82) is 0 Å². The number of anilines is 2. The molecular formula is C22H20FN3O2S. The summed E-state index contributed by atoms with van der Waals surface area (Å²) in [6.07, 6.45) is 5.14. The Morgan fingerprint density at radius 2 is 1.66 bits per heavy atom. The first-order chi connectivity index (χ1) is 14.0. The first kappa shape index (κ1) is 19.3. The van der Waals surface area contributed by atoms with E-state index in [0.29, 0.717) is 5.56 Å². The summed E-state index contributed by atoms with van der Waals surface area (Å²) in [6.45, 7) is 2.08. The fraction of sp³-hybridized carbons (Fsp3) is 0.227. The summed E-state index contributed by atoms with van der Waals surface area (Å²) in [5, 5.41) is 2.34. The van der Waals surface area contributed by atoms with E-state index < -0.39 is 17.6 Å². The molecule has 0 atom stereocenters. The Morgan fingerprint density at radius 1 is 0.966 bits per heavy atom. The van der Waals surface area contributed by atoms with Gasteiger partial charge in [-0.3, -0.25) is 14.9 Å². The van der Waals surface area contributed by atoms with Gasteiger partial charge in [0.1, 0.15) is 11.4 Å². The molecule has 148 valence electrons. The molecule has 7 heteroatoms. The summed E-state index contributed by atoms with van der Waals surface area (Å²) in [4.78, 5) is 28.7. The zero-order valence-electron chi connectivity index (χ0n) is 15.7. The number of piperidine rings is 1. The lowest BCUT2D eigenvalue weighted by molar-refractivity contribution is -0.122. The number of benzene rings is 2. The molecule has 0 aliphatic carbocycles. The van der Waals surface area contributed by atoms with Crippen molar-refractivity contribution in [3.63, 3.8) is 0 Å². The van der Waals surface area contributed by atoms with E-state index in [1.807, 2.05) is 24.3 Å². The number of nitrogens with one attached hydrogen (secondary N) is 1. The Morgan fingerprint density at radius 3 is 2.34 bits per heavy atom. The van der Waals surface area contributed by atoms with Gasteiger partial charge in [-0.15, -0.1) is 0 Å². The van der Waals surface area contributed by atoms with Gasteiger partial charge in [-0.25, -0.2) is 9.29 Å². The van der Waals surface area contributed by atoms with Crippen molar-refractivity contribution < 1.29 is 14.0 Å². The van der Waals surface area contributed by atoms with E-state index in [1.165, 1.54) is 43.5 Å². The van der Waals surface area contributed by atoms with Gasteiger partial charge >= 0.3 is 0 Å². The van der Waals surface area contributed by atoms with Gasteiger partial charge in [0.05, 0.1) is 5.69 Å². The molecule has 0 radical (unpaired) electrons. The highest BCUT2D eigenvalue weighted by Gasteiger charge is 2.35. The second-order valence-electron chi connectivity index (χ2n) is 7.05. The number of halogens is 1. The van der Waals surface area contributed by atoms with Gasteiger partial charge in [0.2, 0.25) is 0 Å². The Balaban J connectivity index is 1.62. The molecule has 2 heterocycles. The summed E-state index contributed by atoms with van der Waals surface area (Å²) in [5.74, 6) is -1.83. The summed E-state index contributed by atoms with van der Waals surface area (Å²) in [7, 11) is 0. The largest absolute Gasteiger partial charge is 0.372 e. The van der Waals surface area contributed by atoms with Crippen LogP contribution < -0.4 is 15.1 Å². The zero-order valence-corrected chi connectivity index (χ0v) is 16.5. The molecule has 4 rings (SSSR count). The molecule has 2 aliphatic rings. The third-order valence-electron chi connectivity index (χ3n) is 5.12. The molecule has 29 heavy (non-hydrogen) atoms. The van der Waals surface area contributed by atoms with Gasteiger partial charge in [-0.1, -0.05) is 24.3 Å². The van der Waals surface area contributed by atoms with Crippen LogP contribution in [0.2, 0.25) is 0 Å². The molecule has 2 fully saturated rings. The third-order valence-corrected chi connectivity index (χ3v) is 5.40. The highest BCUT2D eigenvalue weighted by atomic mass is 32.1. The second-order valence-corrected chi connectivity index (χ2v) is 7.44. The monoisotopic (exact) mass is 409 g/mol. The van der Waals surface area contributed by atoms with Crippen LogP contribution in [0.15, 0.2) is 54.1 Å². The number of carbonyl (C=O) groups is 2. The standard InChI is InChI=1S/C22H20FN3O2S/c23-18-6-2-3-7-19(18)26-21(28)17(20(27)24-22(26)29)14-15-8-10-16(11-9-15)25-12-4-1-5-13-25/h2-3,6-11,14H,1,4-5,12-13H2,(H,24,27,29). The van der Waals surface area contributed by atoms with Crippen molar-refractivity contribution >= 4 is 46.6 Å². The van der Waals surface area contributed by atoms with Crippen LogP contribution >= 0.6 is 12.2 Å². The van der Waals surface area contributed by atoms with E-state index >= 15 is 0 Å². The van der Waals surface area contributed by atoms with Crippen LogP contribution in [0.25, 0.3) is 6.08 Å². The zero-order chi connectivity index (χ0) is 20.4. The smallest absolute Gasteiger partial charge is 0.270 e. The summed E-state index contributed by atoms with van der Waals surface area (Å²) in [5.41, 5.74) is 1.76. The van der Waals surface area contributed by atoms with E-state index in [-0.39, 0.29) is 16.4 Å². The first-order valence-electron chi connectivity index (χ1n) is 9.55. The van der Waals surface area contributed by atoms with Crippen LogP contribution in [0.3, 0.4) is 0 Å². The second kappa shape index (κ2) is 8.13. The minimum atomic E-state index is -0.649. The third kappa shape index (κ3) is 3.91. The lowest BCUT2D eigenvalue weighted by atomic mass is 10.1. The molecule has 2 aliphatic heterocycles. The number of amides is 2. The van der Waals surface area contributed by atoms with Crippen molar-refractivity contribution in [1.82, 2.24) is 5.32 Å². The SMILES string of the molecule is O=C1NC(=S)N(c2ccccc2F)C(=O)C1=Cc1ccc(N2CCCCC2)cc1. The van der Waals surface area contributed by atoms with Crippen LogP contribution in [0.4, 0.5) is 15.8 Å². The Bertz CT molecular complexity index is 997. The van der Waals surface area contributed by atoms with Gasteiger partial charge in [0.25, 0.3) is 11.8 Å². The van der Waals surface area contributed by atoms with Crippen molar-refractivity contribution in [3.8, 4) is 0 Å². The predicted molar refractivity (Wildman–Crippen MR) is 115 cm³/mol. The van der Waals surface area contributed by atoms with Crippen molar-refractivity contribution in [2.75, 3.05) is 22.9 Å². The van der Waals surface area contributed by atoms with Crippen molar-refractivity contribution in [3.05, 3.63) is 65.5 Å². The molecule has 0 spiro atoms. The molecule has 0 saturated carbocycles. The van der Waals surface area contributed by atoms with Gasteiger partial charge in [0.15, 0.2) is 5.11 Å². The Labute approximate surface area is 173 Å². The molecule has 2 saturated heterocycles. The fourth-order valence-electron chi connectivity index (χ4n) is 3.61. The number of rotatable bonds is 3. The summed E-state index contributed by atoms with van der Waals surface area (Å²) >= 11 is 5.10. The number of para-hydroxylation sites is 1. The maximum absolute atomic E-state index is 14.2. The van der Waals surface area contributed by atoms with Gasteiger partial charge in [0, 0.05) is 18.8 Å². The first-order valence-corrected chi connectivity index (χ1v) is 9.96. The predicted octanol–water partition coefficient (Wildman–Crippen LogP) is 3.65. The Hall–Kier alpha value is -3.06. The summed E-state index contributed by atoms with van der Waals surface area (Å²) < 4.78 is 14.2. The highest BCUT2D eigenvalue weighted by Crippen LogP contribution is 2.25. The molecule has 0 unspecified atom stereocenters. The minimum absolute atomic E-state index is 0.00819. The molecule has 2 aromatic carbocycles. The van der Waals surface area contributed by atoms with Crippen LogP contribution in [-0.4, -0.2) is 30.0 Å². The molecule has 0 bridgehead atoms. The lowest BCUT2D eigenvalue weighted by Gasteiger charge is -2.29. The van der Waals surface area contributed by atoms with Gasteiger partial charge in [-0.2, -0.15) is 0 Å². The number of nitrogens with zero attached hydrogens (tertiary/aromatic N) is 2. The van der Waals surface area contributed by atoms with Crippen LogP contribution in [0.5, 0.6) is 0 Å². The topological polar surface area (TPSA) is 52.7 Å². The number of thiocarbonyl (C=S) groups is 1. The molecular weight excluding hydrogens is 389 g/mol. The fourth-order valence-corrected chi connectivity index (χ4v) is 3.88. The minimum Gasteiger partial charge on any atom is -0.372 e. The normalized spacial score (nSPS) is 18.9. The number of hydrogen-bond donors (Lipinski definition) is 1. The number of hydrogen-bond acceptors (Lipinski definition) is 4. The average molecular weight is 409 g/mol. The maximum Gasteiger partial charge on any atom is 0.270 e. The highest BCUT2D eigenvalue weighted by molar-refractivity contribution is 7.80. The number of carbonyl (C=O) groups excluding carboxylic acids is 2. The lowest BCUT2D eigenvalue weighted by Crippen LogP contribution is -2.54. The van der Waals surface area contributed by atoms with E-state index in [2.05, 4.69) is 10.2 Å². The molecule has 0 aromatic heterocycles. The maximum atomic E-state index is 14.2. The van der Waals surface area contributed by atoms with Gasteiger partial charge < -0.3 is 4.90 Å². The van der Waals surface area contributed by atoms with Gasteiger partial charge in [-0.05, 0) is 67.4 Å². The van der Waals surface area contributed by atoms with Crippen LogP contribution in [0, 0.1) is 5.82 Å². The van der Waals surface area contributed by atoms with Crippen molar-refractivity contribution in [2.24, 2.45) is 0 Å². The molecule has 2 aromatic rings. The van der Waals surface area contributed by atoms with E-state index in [4.69, 9.17) is 12.2 Å². The van der Waals surface area contributed by atoms with Crippen LogP contribution in [-0.2, 0) is 9.59 Å². The summed E-state index contributed by atoms with van der Waals surface area (Å²) in [6, 6.07) is 13.5. The molecule has 2 amide bonds. The van der Waals surface area contributed by atoms with E-state index in [0.717, 1.165) is 23.7 Å². The quantitative estimate of drug-likeness (QED) is 0.478. The molecule has 5 nitrogen and oxygen atoms in total. The average Bonchev–Trinajstić information content (AvgIpc) is 2.73. The van der Waals surface area contributed by atoms with Crippen LogP contribution in [0.1, 0.15) is 24.8 Å². The van der Waals surface area contributed by atoms with E-state index in [9.17, 15) is 14.0 Å². The van der Waals surface area contributed by atoms with Crippen molar-refractivity contribution in [2.45, 2.75) is 19.3 Å². The molecule has 1 N–H and O–H groups in total. The Kier molecular flexibility index (Phi) is 5.40.